The monoisotopic (exact) mass is 340 g/mol. The van der Waals surface area contributed by atoms with E-state index in [1.165, 1.54) is 24.6 Å². The molecule has 1 aliphatic carbocycles. The molecule has 0 unspecified atom stereocenters. The second-order valence-corrected chi connectivity index (χ2v) is 5.73. The highest BCUT2D eigenvalue weighted by Gasteiger charge is 2.38. The second kappa shape index (κ2) is 7.99. The predicted molar refractivity (Wildman–Crippen MR) is 84.1 cm³/mol. The van der Waals surface area contributed by atoms with Crippen molar-refractivity contribution in [2.24, 2.45) is 0 Å². The van der Waals surface area contributed by atoms with Crippen LogP contribution in [0.1, 0.15) is 37.7 Å². The highest BCUT2D eigenvalue weighted by Crippen LogP contribution is 2.22. The molecule has 1 aromatic rings. The molecule has 0 aromatic heterocycles. The molecule has 4 nitrogen and oxygen atoms in total. The van der Waals surface area contributed by atoms with Gasteiger partial charge in [-0.15, -0.1) is 0 Å². The van der Waals surface area contributed by atoms with Crippen molar-refractivity contribution >= 4 is 17.5 Å². The number of hydrogen-bond acceptors (Lipinski definition) is 2. The summed E-state index contributed by atoms with van der Waals surface area (Å²) in [5.41, 5.74) is 1.77. The summed E-state index contributed by atoms with van der Waals surface area (Å²) in [7, 11) is 0. The Morgan fingerprint density at radius 1 is 1.12 bits per heavy atom. The molecular weight excluding hydrogens is 321 g/mol. The lowest BCUT2D eigenvalue weighted by Crippen LogP contribution is -2.30. The highest BCUT2D eigenvalue weighted by molar-refractivity contribution is 5.95. The maximum absolute atomic E-state index is 12.2. The lowest BCUT2D eigenvalue weighted by atomic mass is 9.94. The van der Waals surface area contributed by atoms with Gasteiger partial charge in [0.1, 0.15) is 0 Å². The first-order valence-corrected chi connectivity index (χ1v) is 7.79. The molecule has 0 heterocycles. The molecule has 24 heavy (non-hydrogen) atoms. The van der Waals surface area contributed by atoms with Crippen molar-refractivity contribution < 1.29 is 22.8 Å². The molecule has 2 rings (SSSR count). The minimum absolute atomic E-state index is 0.0368. The van der Waals surface area contributed by atoms with Crippen LogP contribution in [-0.2, 0) is 16.1 Å². The van der Waals surface area contributed by atoms with E-state index in [0.29, 0.717) is 5.56 Å². The van der Waals surface area contributed by atoms with E-state index in [1.54, 1.807) is 17.5 Å². The maximum Gasteiger partial charge on any atom is 0.471 e. The van der Waals surface area contributed by atoms with Crippen molar-refractivity contribution in [3.8, 4) is 0 Å². The van der Waals surface area contributed by atoms with E-state index >= 15 is 0 Å². The molecular formula is C17H19F3N2O2. The van der Waals surface area contributed by atoms with E-state index in [0.717, 1.165) is 31.3 Å². The summed E-state index contributed by atoms with van der Waals surface area (Å²) in [6, 6.07) is 5.95. The fraction of sp³-hybridized carbons (Fsp3) is 0.412. The zero-order valence-corrected chi connectivity index (χ0v) is 13.1. The molecule has 1 saturated carbocycles. The summed E-state index contributed by atoms with van der Waals surface area (Å²) < 4.78 is 36.7. The van der Waals surface area contributed by atoms with Crippen LogP contribution in [0.3, 0.4) is 0 Å². The average Bonchev–Trinajstić information content (AvgIpc) is 2.53. The van der Waals surface area contributed by atoms with Gasteiger partial charge in [-0.05, 0) is 43.4 Å². The quantitative estimate of drug-likeness (QED) is 0.821. The first kappa shape index (κ1) is 18.0. The third-order valence-corrected chi connectivity index (χ3v) is 3.74. The number of carbonyl (C=O) groups excluding carboxylic acids is 2. The zero-order chi connectivity index (χ0) is 17.6. The van der Waals surface area contributed by atoms with Gasteiger partial charge in [0.2, 0.25) is 5.91 Å². The minimum atomic E-state index is -4.93. The first-order chi connectivity index (χ1) is 11.3. The number of benzene rings is 1. The standard InChI is InChI=1S/C17H19F3N2O2/c18-17(19,20)16(24)22-14-8-4-7-13(9-14)11-21-15(23)10-12-5-2-1-3-6-12/h4,7-10H,1-3,5-6,11H2,(H,21,23)(H,22,24). The SMILES string of the molecule is O=C(C=C1CCCCC1)NCc1cccc(NC(=O)C(F)(F)F)c1. The summed E-state index contributed by atoms with van der Waals surface area (Å²) in [6.45, 7) is 0.179. The first-order valence-electron chi connectivity index (χ1n) is 7.79. The molecule has 0 aliphatic heterocycles. The van der Waals surface area contributed by atoms with E-state index < -0.39 is 12.1 Å². The van der Waals surface area contributed by atoms with Crippen LogP contribution in [-0.4, -0.2) is 18.0 Å². The van der Waals surface area contributed by atoms with Gasteiger partial charge in [-0.25, -0.2) is 0 Å². The number of nitrogens with one attached hydrogen (secondary N) is 2. The molecule has 0 atom stereocenters. The molecule has 1 fully saturated rings. The molecule has 1 aromatic carbocycles. The van der Waals surface area contributed by atoms with Crippen LogP contribution in [0.25, 0.3) is 0 Å². The zero-order valence-electron chi connectivity index (χ0n) is 13.1. The number of halogens is 3. The summed E-state index contributed by atoms with van der Waals surface area (Å²) in [5.74, 6) is -2.23. The Morgan fingerprint density at radius 3 is 2.50 bits per heavy atom. The Labute approximate surface area is 138 Å². The fourth-order valence-electron chi connectivity index (χ4n) is 2.54. The lowest BCUT2D eigenvalue weighted by molar-refractivity contribution is -0.167. The van der Waals surface area contributed by atoms with Crippen molar-refractivity contribution in [1.82, 2.24) is 5.32 Å². The fourth-order valence-corrected chi connectivity index (χ4v) is 2.54. The van der Waals surface area contributed by atoms with Gasteiger partial charge < -0.3 is 10.6 Å². The van der Waals surface area contributed by atoms with Gasteiger partial charge in [0.05, 0.1) is 0 Å². The number of anilines is 1. The highest BCUT2D eigenvalue weighted by atomic mass is 19.4. The van der Waals surface area contributed by atoms with Gasteiger partial charge in [-0.3, -0.25) is 9.59 Å². The number of rotatable bonds is 4. The molecule has 2 amide bonds. The van der Waals surface area contributed by atoms with Crippen LogP contribution in [0.5, 0.6) is 0 Å². The van der Waals surface area contributed by atoms with Gasteiger partial charge in [-0.1, -0.05) is 24.1 Å². The van der Waals surface area contributed by atoms with Gasteiger partial charge in [0.25, 0.3) is 0 Å². The van der Waals surface area contributed by atoms with Crippen molar-refractivity contribution in [2.75, 3.05) is 5.32 Å². The van der Waals surface area contributed by atoms with Gasteiger partial charge in [0.15, 0.2) is 0 Å². The van der Waals surface area contributed by atoms with Crippen molar-refractivity contribution in [1.29, 1.82) is 0 Å². The number of hydrogen-bond donors (Lipinski definition) is 2. The number of amides is 2. The van der Waals surface area contributed by atoms with Crippen molar-refractivity contribution in [2.45, 2.75) is 44.8 Å². The summed E-state index contributed by atoms with van der Waals surface area (Å²) in [6.07, 6.45) is 1.93. The lowest BCUT2D eigenvalue weighted by Gasteiger charge is -2.13. The number of allylic oxidation sites excluding steroid dienone is 1. The van der Waals surface area contributed by atoms with Crippen molar-refractivity contribution in [3.05, 3.63) is 41.5 Å². The maximum atomic E-state index is 12.2. The van der Waals surface area contributed by atoms with E-state index in [2.05, 4.69) is 5.32 Å². The molecule has 0 bridgehead atoms. The summed E-state index contributed by atoms with van der Waals surface area (Å²) >= 11 is 0. The van der Waals surface area contributed by atoms with Crippen LogP contribution < -0.4 is 10.6 Å². The topological polar surface area (TPSA) is 58.2 Å². The Kier molecular flexibility index (Phi) is 6.00. The molecule has 0 spiro atoms. The van der Waals surface area contributed by atoms with E-state index in [1.807, 2.05) is 0 Å². The molecule has 1 aliphatic rings. The summed E-state index contributed by atoms with van der Waals surface area (Å²) in [4.78, 5) is 22.8. The third kappa shape index (κ3) is 5.72. The van der Waals surface area contributed by atoms with Crippen LogP contribution >= 0.6 is 0 Å². The Morgan fingerprint density at radius 2 is 1.83 bits per heavy atom. The van der Waals surface area contributed by atoms with Crippen molar-refractivity contribution in [3.63, 3.8) is 0 Å². The molecule has 0 saturated heterocycles. The Balaban J connectivity index is 1.90. The normalized spacial score (nSPS) is 14.9. The Hall–Kier alpha value is -2.31. The van der Waals surface area contributed by atoms with Gasteiger partial charge in [-0.2, -0.15) is 13.2 Å². The van der Waals surface area contributed by atoms with Crippen LogP contribution in [0, 0.1) is 0 Å². The minimum Gasteiger partial charge on any atom is -0.348 e. The van der Waals surface area contributed by atoms with Gasteiger partial charge in [0, 0.05) is 18.3 Å². The smallest absolute Gasteiger partial charge is 0.348 e. The van der Waals surface area contributed by atoms with Crippen LogP contribution in [0.4, 0.5) is 18.9 Å². The van der Waals surface area contributed by atoms with E-state index in [4.69, 9.17) is 0 Å². The predicted octanol–water partition coefficient (Wildman–Crippen LogP) is 3.69. The number of alkyl halides is 3. The van der Waals surface area contributed by atoms with E-state index in [-0.39, 0.29) is 18.1 Å². The second-order valence-electron chi connectivity index (χ2n) is 5.73. The molecule has 130 valence electrons. The van der Waals surface area contributed by atoms with Crippen LogP contribution in [0.15, 0.2) is 35.9 Å². The Bertz CT molecular complexity index is 631. The molecule has 0 radical (unpaired) electrons. The summed E-state index contributed by atoms with van der Waals surface area (Å²) in [5, 5.41) is 4.49. The largest absolute Gasteiger partial charge is 0.471 e. The third-order valence-electron chi connectivity index (χ3n) is 3.74. The van der Waals surface area contributed by atoms with Gasteiger partial charge >= 0.3 is 12.1 Å². The molecule has 2 N–H and O–H groups in total. The number of carbonyl (C=O) groups is 2. The van der Waals surface area contributed by atoms with Crippen LogP contribution in [0.2, 0.25) is 0 Å². The molecule has 7 heteroatoms. The average molecular weight is 340 g/mol. The van der Waals surface area contributed by atoms with E-state index in [9.17, 15) is 22.8 Å².